The average molecular weight is 501 g/mol. The zero-order valence-corrected chi connectivity index (χ0v) is 21.5. The van der Waals surface area contributed by atoms with Gasteiger partial charge in [-0.3, -0.25) is 14.4 Å². The molecule has 0 bridgehead atoms. The highest BCUT2D eigenvalue weighted by Gasteiger charge is 2.57. The van der Waals surface area contributed by atoms with Crippen LogP contribution in [-0.4, -0.2) is 96.6 Å². The number of ether oxygens (including phenoxy) is 1. The van der Waals surface area contributed by atoms with E-state index in [1.54, 1.807) is 15.9 Å². The number of nitrogens with one attached hydrogen (secondary N) is 1. The third-order valence-electron chi connectivity index (χ3n) is 7.58. The first-order valence-electron chi connectivity index (χ1n) is 13.3. The maximum Gasteiger partial charge on any atom is 0.246 e. The average Bonchev–Trinajstić information content (AvgIpc) is 3.52. The van der Waals surface area contributed by atoms with E-state index in [1.807, 2.05) is 18.2 Å². The smallest absolute Gasteiger partial charge is 0.246 e. The quantitative estimate of drug-likeness (QED) is 0.423. The number of rotatable bonds is 12. The molecule has 0 unspecified atom stereocenters. The van der Waals surface area contributed by atoms with Gasteiger partial charge in [0.1, 0.15) is 24.4 Å². The summed E-state index contributed by atoms with van der Waals surface area (Å²) in [6.45, 7) is 2.32. The molecule has 1 aromatic rings. The number of hydrogen-bond donors (Lipinski definition) is 2. The summed E-state index contributed by atoms with van der Waals surface area (Å²) in [7, 11) is 4.14. The minimum atomic E-state index is -0.611. The molecule has 0 radical (unpaired) electrons. The highest BCUT2D eigenvalue weighted by Crippen LogP contribution is 2.46. The molecule has 0 aromatic heterocycles. The first kappa shape index (κ1) is 26.4. The van der Waals surface area contributed by atoms with E-state index >= 15 is 0 Å². The van der Waals surface area contributed by atoms with Gasteiger partial charge in [0.15, 0.2) is 0 Å². The molecule has 0 aliphatic carbocycles. The van der Waals surface area contributed by atoms with Gasteiger partial charge in [-0.2, -0.15) is 0 Å². The molecule has 9 heteroatoms. The van der Waals surface area contributed by atoms with Gasteiger partial charge < -0.3 is 29.9 Å². The molecule has 36 heavy (non-hydrogen) atoms. The van der Waals surface area contributed by atoms with Crippen LogP contribution in [0.4, 0.5) is 0 Å². The van der Waals surface area contributed by atoms with E-state index in [2.05, 4.69) is 24.3 Å². The lowest BCUT2D eigenvalue weighted by Crippen LogP contribution is -2.60. The number of piperazine rings is 1. The fourth-order valence-corrected chi connectivity index (χ4v) is 5.88. The van der Waals surface area contributed by atoms with E-state index in [-0.39, 0.29) is 30.9 Å². The molecule has 0 saturated carbocycles. The molecule has 198 valence electrons. The lowest BCUT2D eigenvalue weighted by Gasteiger charge is -2.41. The second-order valence-corrected chi connectivity index (χ2v) is 10.4. The lowest BCUT2D eigenvalue weighted by atomic mass is 9.92. The largest absolute Gasteiger partial charge is 0.491 e. The van der Waals surface area contributed by atoms with E-state index < -0.39 is 24.0 Å². The summed E-state index contributed by atoms with van der Waals surface area (Å²) >= 11 is 0. The Bertz CT molecular complexity index is 938. The molecule has 3 aliphatic rings. The summed E-state index contributed by atoms with van der Waals surface area (Å²) in [6, 6.07) is 5.78. The van der Waals surface area contributed by atoms with Gasteiger partial charge >= 0.3 is 0 Å². The van der Waals surface area contributed by atoms with Crippen LogP contribution < -0.4 is 10.1 Å². The van der Waals surface area contributed by atoms with Gasteiger partial charge in [0.2, 0.25) is 17.7 Å². The van der Waals surface area contributed by atoms with Crippen LogP contribution in [0.1, 0.15) is 56.6 Å². The van der Waals surface area contributed by atoms with Crippen LogP contribution in [0.5, 0.6) is 5.75 Å². The minimum Gasteiger partial charge on any atom is -0.491 e. The minimum absolute atomic E-state index is 0.0361. The van der Waals surface area contributed by atoms with Gasteiger partial charge in [-0.15, -0.1) is 0 Å². The zero-order valence-electron chi connectivity index (χ0n) is 21.5. The van der Waals surface area contributed by atoms with Crippen molar-refractivity contribution in [2.45, 2.75) is 63.1 Å². The Morgan fingerprint density at radius 1 is 1.14 bits per heavy atom. The molecule has 1 aromatic carbocycles. The zero-order chi connectivity index (χ0) is 25.7. The highest BCUT2D eigenvalue weighted by atomic mass is 16.5. The van der Waals surface area contributed by atoms with Crippen molar-refractivity contribution in [1.29, 1.82) is 0 Å². The number of unbranched alkanes of at least 4 members (excludes halogenated alkanes) is 3. The Morgan fingerprint density at radius 2 is 1.94 bits per heavy atom. The maximum atomic E-state index is 13.6. The molecule has 3 aliphatic heterocycles. The standard InChI is InChI=1S/C27H40N4O5/c1-29(2)13-6-4-3-5-12-28-25(33)21-18-23-26(34)30-14-8-11-22(30)27(35)31(23)24(21)19-9-7-10-20(17-19)36-16-15-32/h7,9-10,17,21-24,32H,3-6,8,11-16,18H2,1-2H3,(H,28,33)/t21-,22+,23-,24-/m1/s1. The Morgan fingerprint density at radius 3 is 2.72 bits per heavy atom. The van der Waals surface area contributed by atoms with E-state index in [1.165, 1.54) is 0 Å². The first-order chi connectivity index (χ1) is 17.4. The third kappa shape index (κ3) is 5.67. The number of benzene rings is 1. The third-order valence-corrected chi connectivity index (χ3v) is 7.58. The highest BCUT2D eigenvalue weighted by molar-refractivity contribution is 5.99. The van der Waals surface area contributed by atoms with Gasteiger partial charge in [0.05, 0.1) is 18.6 Å². The summed E-state index contributed by atoms with van der Waals surface area (Å²) in [5, 5.41) is 12.2. The van der Waals surface area contributed by atoms with Crippen LogP contribution in [0.25, 0.3) is 0 Å². The SMILES string of the molecule is CN(C)CCCCCCNC(=O)[C@@H]1C[C@@H]2C(=O)N3CCC[C@H]3C(=O)N2[C@@H]1c1cccc(OCCO)c1. The molecule has 2 N–H and O–H groups in total. The predicted molar refractivity (Wildman–Crippen MR) is 135 cm³/mol. The van der Waals surface area contributed by atoms with Crippen molar-refractivity contribution in [3.63, 3.8) is 0 Å². The molecule has 3 amide bonds. The van der Waals surface area contributed by atoms with E-state index in [9.17, 15) is 14.4 Å². The van der Waals surface area contributed by atoms with Gasteiger partial charge in [-0.1, -0.05) is 25.0 Å². The fourth-order valence-electron chi connectivity index (χ4n) is 5.88. The van der Waals surface area contributed by atoms with Crippen molar-refractivity contribution in [2.75, 3.05) is 46.9 Å². The molecule has 3 saturated heterocycles. The molecular weight excluding hydrogens is 460 g/mol. The first-order valence-corrected chi connectivity index (χ1v) is 13.3. The normalized spacial score (nSPS) is 25.3. The summed E-state index contributed by atoms with van der Waals surface area (Å²) < 4.78 is 5.60. The molecule has 3 heterocycles. The van der Waals surface area contributed by atoms with Crippen molar-refractivity contribution in [3.05, 3.63) is 29.8 Å². The van der Waals surface area contributed by atoms with Crippen LogP contribution in [0.15, 0.2) is 24.3 Å². The van der Waals surface area contributed by atoms with Crippen LogP contribution in [0.2, 0.25) is 0 Å². The summed E-state index contributed by atoms with van der Waals surface area (Å²) in [4.78, 5) is 45.9. The number of fused-ring (bicyclic) bond motifs is 2. The second-order valence-electron chi connectivity index (χ2n) is 10.4. The van der Waals surface area contributed by atoms with E-state index in [0.29, 0.717) is 31.7 Å². The monoisotopic (exact) mass is 500 g/mol. The number of aliphatic hydroxyl groups is 1. The summed E-state index contributed by atoms with van der Waals surface area (Å²) in [5.74, 6) is -0.138. The van der Waals surface area contributed by atoms with Crippen LogP contribution in [0, 0.1) is 5.92 Å². The van der Waals surface area contributed by atoms with E-state index in [4.69, 9.17) is 9.84 Å². The number of aliphatic hydroxyl groups excluding tert-OH is 1. The maximum absolute atomic E-state index is 13.6. The topological polar surface area (TPSA) is 102 Å². The Balaban J connectivity index is 1.49. The Labute approximate surface area is 213 Å². The molecular formula is C27H40N4O5. The number of carbonyl (C=O) groups excluding carboxylic acids is 3. The van der Waals surface area contributed by atoms with Crippen LogP contribution >= 0.6 is 0 Å². The fraction of sp³-hybridized carbons (Fsp3) is 0.667. The Hall–Kier alpha value is -2.65. The summed E-state index contributed by atoms with van der Waals surface area (Å²) in [6.07, 6.45) is 6.04. The van der Waals surface area contributed by atoms with Crippen LogP contribution in [0.3, 0.4) is 0 Å². The lowest BCUT2D eigenvalue weighted by molar-refractivity contribution is -0.159. The van der Waals surface area contributed by atoms with Crippen molar-refractivity contribution < 1.29 is 24.2 Å². The molecule has 4 atom stereocenters. The van der Waals surface area contributed by atoms with E-state index in [0.717, 1.165) is 44.2 Å². The summed E-state index contributed by atoms with van der Waals surface area (Å²) in [5.41, 5.74) is 0.782. The second kappa shape index (κ2) is 12.1. The van der Waals surface area contributed by atoms with Crippen molar-refractivity contribution in [3.8, 4) is 5.75 Å². The van der Waals surface area contributed by atoms with Gasteiger partial charge in [-0.05, 0) is 70.4 Å². The van der Waals surface area contributed by atoms with Gasteiger partial charge in [0, 0.05) is 13.1 Å². The van der Waals surface area contributed by atoms with Crippen LogP contribution in [-0.2, 0) is 14.4 Å². The molecule has 3 fully saturated rings. The molecule has 9 nitrogen and oxygen atoms in total. The number of carbonyl (C=O) groups is 3. The van der Waals surface area contributed by atoms with Crippen molar-refractivity contribution in [2.24, 2.45) is 5.92 Å². The van der Waals surface area contributed by atoms with Gasteiger partial charge in [0.25, 0.3) is 0 Å². The molecule has 0 spiro atoms. The number of hydrogen-bond acceptors (Lipinski definition) is 6. The van der Waals surface area contributed by atoms with Gasteiger partial charge in [-0.25, -0.2) is 0 Å². The van der Waals surface area contributed by atoms with Crippen molar-refractivity contribution >= 4 is 17.7 Å². The predicted octanol–water partition coefficient (Wildman–Crippen LogP) is 1.56. The Kier molecular flexibility index (Phi) is 8.85. The van der Waals surface area contributed by atoms with Crippen molar-refractivity contribution in [1.82, 2.24) is 20.0 Å². The number of amides is 3. The molecule has 4 rings (SSSR count). The number of nitrogens with zero attached hydrogens (tertiary/aromatic N) is 3.